The van der Waals surface area contributed by atoms with Crippen LogP contribution in [0.1, 0.15) is 0 Å². The number of hydrogen-bond donors (Lipinski definition) is 0. The average molecular weight is 222 g/mol. The van der Waals surface area contributed by atoms with Crippen molar-refractivity contribution >= 4 is 17.6 Å². The van der Waals surface area contributed by atoms with E-state index in [1.807, 2.05) is 13.1 Å². The Morgan fingerprint density at radius 2 is 2.08 bits per heavy atom. The first-order valence-corrected chi connectivity index (χ1v) is 10.2. The molecule has 0 aliphatic carbocycles. The molecule has 1 saturated heterocycles. The van der Waals surface area contributed by atoms with Gasteiger partial charge in [-0.1, -0.05) is 0 Å². The summed E-state index contributed by atoms with van der Waals surface area (Å²) in [6.07, 6.45) is 0.251. The van der Waals surface area contributed by atoms with E-state index < -0.39 is 17.6 Å². The highest BCUT2D eigenvalue weighted by Gasteiger charge is 2.30. The highest BCUT2D eigenvalue weighted by Crippen LogP contribution is 2.12. The lowest BCUT2D eigenvalue weighted by atomic mass is 10.5. The zero-order valence-electron chi connectivity index (χ0n) is 8.70. The molecule has 0 N–H and O–H groups in total. The summed E-state index contributed by atoms with van der Waals surface area (Å²) in [5, 5.41) is 0. The average Bonchev–Trinajstić information content (AvgIpc) is 2.67. The van der Waals surface area contributed by atoms with Gasteiger partial charge < -0.3 is 8.85 Å². The first-order chi connectivity index (χ1) is 5.99. The fourth-order valence-corrected chi connectivity index (χ4v) is 6.05. The Morgan fingerprint density at radius 3 is 2.54 bits per heavy atom. The largest absolute Gasteiger partial charge is 0.438 e. The van der Waals surface area contributed by atoms with Gasteiger partial charge in [0.1, 0.15) is 12.7 Å². The Balaban J connectivity index is 2.08. The summed E-state index contributed by atoms with van der Waals surface area (Å²) in [7, 11) is -3.04. The molecule has 0 aromatic heterocycles. The molecular weight excluding hydrogens is 204 g/mol. The summed E-state index contributed by atoms with van der Waals surface area (Å²) >= 11 is 0. The molecule has 0 bridgehead atoms. The quantitative estimate of drug-likeness (QED) is 0.291. The molecule has 0 radical (unpaired) electrons. The van der Waals surface area contributed by atoms with Crippen molar-refractivity contribution in [2.75, 3.05) is 13.2 Å². The van der Waals surface area contributed by atoms with Crippen LogP contribution in [0.4, 0.5) is 0 Å². The SMILES string of the molecule is C[SiH](C)O[Si](C)(C)OOCC1CO1. The van der Waals surface area contributed by atoms with E-state index in [-0.39, 0.29) is 6.10 Å². The second-order valence-corrected chi connectivity index (χ2v) is 9.90. The molecule has 1 unspecified atom stereocenters. The molecule has 6 heteroatoms. The predicted octanol–water partition coefficient (Wildman–Crippen LogP) is 1.04. The molecule has 1 rings (SSSR count). The van der Waals surface area contributed by atoms with Crippen LogP contribution >= 0.6 is 0 Å². The van der Waals surface area contributed by atoms with E-state index in [0.717, 1.165) is 6.61 Å². The van der Waals surface area contributed by atoms with Gasteiger partial charge in [0.05, 0.1) is 6.61 Å². The lowest BCUT2D eigenvalue weighted by Crippen LogP contribution is -2.39. The second kappa shape index (κ2) is 4.67. The van der Waals surface area contributed by atoms with Crippen LogP contribution < -0.4 is 0 Å². The Morgan fingerprint density at radius 1 is 1.46 bits per heavy atom. The van der Waals surface area contributed by atoms with Crippen molar-refractivity contribution in [1.29, 1.82) is 0 Å². The van der Waals surface area contributed by atoms with E-state index in [2.05, 4.69) is 13.1 Å². The zero-order valence-corrected chi connectivity index (χ0v) is 10.9. The molecule has 0 saturated carbocycles. The molecule has 13 heavy (non-hydrogen) atoms. The summed E-state index contributed by atoms with van der Waals surface area (Å²) in [5.41, 5.74) is 0. The maximum Gasteiger partial charge on any atom is 0.359 e. The Kier molecular flexibility index (Phi) is 4.08. The normalized spacial score (nSPS) is 22.4. The molecule has 4 nitrogen and oxygen atoms in total. The van der Waals surface area contributed by atoms with Crippen LogP contribution in [0.25, 0.3) is 0 Å². The van der Waals surface area contributed by atoms with E-state index in [9.17, 15) is 0 Å². The maximum absolute atomic E-state index is 5.73. The van der Waals surface area contributed by atoms with Gasteiger partial charge in [0.25, 0.3) is 0 Å². The fraction of sp³-hybridized carbons (Fsp3) is 1.00. The molecule has 1 fully saturated rings. The van der Waals surface area contributed by atoms with E-state index in [4.69, 9.17) is 18.3 Å². The second-order valence-electron chi connectivity index (χ2n) is 3.89. The first kappa shape index (κ1) is 11.3. The topological polar surface area (TPSA) is 40.2 Å². The minimum absolute atomic E-state index is 0.251. The van der Waals surface area contributed by atoms with Crippen molar-refractivity contribution in [1.82, 2.24) is 0 Å². The van der Waals surface area contributed by atoms with Gasteiger partial charge >= 0.3 is 8.56 Å². The molecule has 0 spiro atoms. The molecule has 1 aliphatic rings. The van der Waals surface area contributed by atoms with Crippen LogP contribution in [-0.2, 0) is 18.3 Å². The predicted molar refractivity (Wildman–Crippen MR) is 54.2 cm³/mol. The number of ether oxygens (including phenoxy) is 1. The lowest BCUT2D eigenvalue weighted by molar-refractivity contribution is -0.229. The summed E-state index contributed by atoms with van der Waals surface area (Å²) in [6.45, 7) is 9.57. The molecule has 0 aromatic carbocycles. The van der Waals surface area contributed by atoms with Gasteiger partial charge in [-0.3, -0.25) is 4.58 Å². The van der Waals surface area contributed by atoms with Crippen molar-refractivity contribution in [2.45, 2.75) is 32.3 Å². The summed E-state index contributed by atoms with van der Waals surface area (Å²) in [6, 6.07) is 0. The van der Waals surface area contributed by atoms with Crippen LogP contribution in [0.3, 0.4) is 0 Å². The molecule has 1 heterocycles. The van der Waals surface area contributed by atoms with E-state index >= 15 is 0 Å². The van der Waals surface area contributed by atoms with Gasteiger partial charge in [0.2, 0.25) is 0 Å². The molecule has 78 valence electrons. The summed E-state index contributed by atoms with van der Waals surface area (Å²) in [5.74, 6) is 0. The summed E-state index contributed by atoms with van der Waals surface area (Å²) in [4.78, 5) is 5.06. The first-order valence-electron chi connectivity index (χ1n) is 4.59. The van der Waals surface area contributed by atoms with Crippen LogP contribution in [0.5, 0.6) is 0 Å². The van der Waals surface area contributed by atoms with Gasteiger partial charge in [0.15, 0.2) is 9.04 Å². The monoisotopic (exact) mass is 222 g/mol. The molecule has 1 atom stereocenters. The van der Waals surface area contributed by atoms with Crippen molar-refractivity contribution in [3.05, 3.63) is 0 Å². The lowest BCUT2D eigenvalue weighted by Gasteiger charge is -2.23. The third-order valence-corrected chi connectivity index (χ3v) is 6.11. The maximum atomic E-state index is 5.73. The summed E-state index contributed by atoms with van der Waals surface area (Å²) < 4.78 is 16.0. The third-order valence-electron chi connectivity index (χ3n) is 1.44. The zero-order chi connectivity index (χ0) is 9.90. The van der Waals surface area contributed by atoms with Crippen molar-refractivity contribution in [3.8, 4) is 0 Å². The minimum Gasteiger partial charge on any atom is -0.438 e. The van der Waals surface area contributed by atoms with Gasteiger partial charge in [-0.15, -0.1) is 0 Å². The molecule has 0 amide bonds. The Bertz CT molecular complexity index is 159. The van der Waals surface area contributed by atoms with Crippen molar-refractivity contribution in [3.63, 3.8) is 0 Å². The Labute approximate surface area is 82.0 Å². The van der Waals surface area contributed by atoms with Gasteiger partial charge in [-0.05, 0) is 26.2 Å². The fourth-order valence-electron chi connectivity index (χ4n) is 1.00. The third kappa shape index (κ3) is 5.55. The number of hydrogen-bond acceptors (Lipinski definition) is 4. The Hall–Kier alpha value is 0.274. The van der Waals surface area contributed by atoms with Crippen LogP contribution in [-0.4, -0.2) is 36.9 Å². The highest BCUT2D eigenvalue weighted by atomic mass is 28.4. The van der Waals surface area contributed by atoms with Gasteiger partial charge in [-0.25, -0.2) is 4.89 Å². The minimum atomic E-state index is -2.02. The van der Waals surface area contributed by atoms with E-state index in [1.165, 1.54) is 0 Å². The van der Waals surface area contributed by atoms with E-state index in [0.29, 0.717) is 6.61 Å². The number of epoxide rings is 1. The van der Waals surface area contributed by atoms with Gasteiger partial charge in [-0.2, -0.15) is 0 Å². The molecular formula is C7H18O4Si2. The van der Waals surface area contributed by atoms with E-state index in [1.54, 1.807) is 0 Å². The van der Waals surface area contributed by atoms with Crippen LogP contribution in [0, 0.1) is 0 Å². The van der Waals surface area contributed by atoms with Crippen LogP contribution in [0.2, 0.25) is 26.2 Å². The standard InChI is InChI=1S/C7H18O4Si2/c1-12(2)11-13(3,4)10-9-6-7-5-8-7/h7,12H,5-6H2,1-4H3. The highest BCUT2D eigenvalue weighted by molar-refractivity contribution is 6.72. The van der Waals surface area contributed by atoms with Crippen LogP contribution in [0.15, 0.2) is 0 Å². The van der Waals surface area contributed by atoms with Gasteiger partial charge in [0, 0.05) is 0 Å². The number of rotatable bonds is 6. The van der Waals surface area contributed by atoms with Crippen molar-refractivity contribution in [2.24, 2.45) is 0 Å². The smallest absolute Gasteiger partial charge is 0.359 e. The molecule has 0 aromatic rings. The van der Waals surface area contributed by atoms with Crippen molar-refractivity contribution < 1.29 is 18.3 Å². The molecule has 1 aliphatic heterocycles.